The third-order valence-electron chi connectivity index (χ3n) is 13.8. The molecule has 6 aliphatic rings. The Bertz CT molecular complexity index is 3030. The first-order valence-corrected chi connectivity index (χ1v) is 27.9. The molecule has 2 aromatic rings. The van der Waals surface area contributed by atoms with E-state index in [1.165, 1.54) is 33.9 Å². The molecule has 2 atom stereocenters. The molecule has 2 unspecified atom stereocenters. The van der Waals surface area contributed by atoms with Crippen molar-refractivity contribution in [3.05, 3.63) is 137 Å². The Morgan fingerprint density at radius 1 is 0.730 bits per heavy atom. The summed E-state index contributed by atoms with van der Waals surface area (Å²) >= 11 is 25.7. The van der Waals surface area contributed by atoms with Gasteiger partial charge < -0.3 is 10.0 Å². The zero-order chi connectivity index (χ0) is 53.9. The van der Waals surface area contributed by atoms with Gasteiger partial charge in [0.25, 0.3) is 10.1 Å². The summed E-state index contributed by atoms with van der Waals surface area (Å²) in [7, 11) is -7.97. The largest absolute Gasteiger partial charge is 1.00 e. The number of aliphatic hydroxyl groups is 1. The molecule has 2 heterocycles. The van der Waals surface area contributed by atoms with Crippen LogP contribution in [0, 0.1) is 24.0 Å². The monoisotopic (exact) mass is 1190 g/mol. The number of rotatable bonds is 8. The predicted molar refractivity (Wildman–Crippen MR) is 280 cm³/mol. The van der Waals surface area contributed by atoms with Crippen molar-refractivity contribution in [3.8, 4) is 0 Å². The smallest absolute Gasteiger partial charge is 0.515 e. The first-order valence-electron chi connectivity index (χ1n) is 22.8. The average Bonchev–Trinajstić information content (AvgIpc) is 3.63. The van der Waals surface area contributed by atoms with E-state index in [0.717, 1.165) is 105 Å². The number of aldehydes is 2. The maximum Gasteiger partial charge on any atom is 1.00 e. The normalized spacial score (nSPS) is 21.6. The second kappa shape index (κ2) is 30.5. The van der Waals surface area contributed by atoms with E-state index in [-0.39, 0.29) is 97.5 Å². The van der Waals surface area contributed by atoms with Gasteiger partial charge in [-0.05, 0) is 97.8 Å². The van der Waals surface area contributed by atoms with Crippen molar-refractivity contribution >= 4 is 107 Å². The number of nitrogens with zero attached hydrogens (tertiary/aromatic N) is 2. The number of allylic oxidation sites excluding steroid dienone is 13. The second-order valence-corrected chi connectivity index (χ2v) is 22.6. The van der Waals surface area contributed by atoms with Crippen molar-refractivity contribution in [2.45, 2.75) is 110 Å². The minimum atomic E-state index is -3.85. The Hall–Kier alpha value is -1.82. The molecule has 0 amide bonds. The first kappa shape index (κ1) is 68.3. The van der Waals surface area contributed by atoms with Gasteiger partial charge in [-0.25, -0.2) is 4.58 Å². The van der Waals surface area contributed by atoms with Crippen molar-refractivity contribution < 1.29 is 138 Å². The Balaban J connectivity index is 0.000000360. The van der Waals surface area contributed by atoms with Gasteiger partial charge in [0.2, 0.25) is 0 Å². The molecular formula is C51H57Cl4KN2NaO12S3+. The fraction of sp³-hybridized carbons (Fsp3) is 0.431. The van der Waals surface area contributed by atoms with E-state index in [0.29, 0.717) is 50.1 Å². The molecule has 23 heteroatoms. The molecule has 390 valence electrons. The van der Waals surface area contributed by atoms with Gasteiger partial charge in [0.05, 0.1) is 27.1 Å². The number of fused-ring (bicyclic) bond motifs is 4. The zero-order valence-electron chi connectivity index (χ0n) is 42.6. The molecule has 0 fully saturated rings. The molecule has 0 radical (unpaired) electrons. The summed E-state index contributed by atoms with van der Waals surface area (Å²) in [5, 5.41) is 11.3. The molecule has 2 N–H and O–H groups in total. The SMILES string of the molecule is CC1=[N+](CCCCS(=O)(=O)O)c2cc[c-]cc2C1(C)C.CN1/C(=C/C=C2\CCC3CCC(C=O)=C(Cl)C3=C2Cl)C(C)(C)c2c[c-]ccc21.O=CC1=C(Cl)C2=C(Cl)/C(=C/O)CCC2CC1.O=S(=O)=O.O=S(=O)=O.[K+].[Na+]. The minimum absolute atomic E-state index is 0. The number of carbonyl (C=O) groups is 2. The van der Waals surface area contributed by atoms with E-state index in [4.69, 9.17) is 81.3 Å². The average molecular weight is 1190 g/mol. The number of hydrogen-bond acceptors (Lipinski definition) is 12. The molecule has 0 spiro atoms. The summed E-state index contributed by atoms with van der Waals surface area (Å²) in [5.41, 5.74) is 12.2. The van der Waals surface area contributed by atoms with Crippen molar-refractivity contribution in [3.63, 3.8) is 0 Å². The Kier molecular flexibility index (Phi) is 28.2. The summed E-state index contributed by atoms with van der Waals surface area (Å²) < 4.78 is 83.1. The third-order valence-corrected chi connectivity index (χ3v) is 16.4. The fourth-order valence-corrected chi connectivity index (χ4v) is 12.1. The number of benzene rings is 2. The molecular weight excluding hydrogens is 1130 g/mol. The van der Waals surface area contributed by atoms with Gasteiger partial charge in [0.1, 0.15) is 24.8 Å². The van der Waals surface area contributed by atoms with E-state index in [1.807, 2.05) is 18.2 Å². The van der Waals surface area contributed by atoms with E-state index in [1.54, 1.807) is 0 Å². The van der Waals surface area contributed by atoms with Crippen LogP contribution in [0.2, 0.25) is 0 Å². The molecule has 2 aromatic carbocycles. The van der Waals surface area contributed by atoms with Crippen LogP contribution in [0.4, 0.5) is 11.4 Å². The first-order chi connectivity index (χ1) is 33.7. The van der Waals surface area contributed by atoms with Crippen LogP contribution < -0.4 is 85.8 Å². The zero-order valence-corrected chi connectivity index (χ0v) is 53.2. The van der Waals surface area contributed by atoms with Gasteiger partial charge in [-0.15, -0.1) is 42.9 Å². The quantitative estimate of drug-likeness (QED) is 0.0693. The third kappa shape index (κ3) is 17.3. The Morgan fingerprint density at radius 2 is 1.19 bits per heavy atom. The maximum atomic E-state index is 11.3. The number of hydrogen-bond donors (Lipinski definition) is 2. The van der Waals surface area contributed by atoms with Crippen LogP contribution >= 0.6 is 46.4 Å². The summed E-state index contributed by atoms with van der Waals surface area (Å²) in [6.07, 6.45) is 15.2. The van der Waals surface area contributed by atoms with Crippen molar-refractivity contribution in [2.24, 2.45) is 11.8 Å². The Morgan fingerprint density at radius 3 is 1.66 bits per heavy atom. The summed E-state index contributed by atoms with van der Waals surface area (Å²) in [4.78, 5) is 24.4. The maximum absolute atomic E-state index is 11.3. The molecule has 8 rings (SSSR count). The van der Waals surface area contributed by atoms with Crippen LogP contribution in [0.3, 0.4) is 0 Å². The second-order valence-electron chi connectivity index (χ2n) is 18.7. The van der Waals surface area contributed by atoms with E-state index in [9.17, 15) is 18.0 Å². The van der Waals surface area contributed by atoms with Gasteiger partial charge >= 0.3 is 102 Å². The van der Waals surface area contributed by atoms with E-state index >= 15 is 0 Å². The molecule has 0 saturated heterocycles. The number of carbonyl (C=O) groups excluding carboxylic acids is 2. The van der Waals surface area contributed by atoms with Gasteiger partial charge in [-0.3, -0.25) is 14.1 Å². The van der Waals surface area contributed by atoms with E-state index < -0.39 is 31.3 Å². The van der Waals surface area contributed by atoms with Crippen LogP contribution in [-0.4, -0.2) is 85.5 Å². The number of likely N-dealkylation sites (N-methyl/N-ethyl adjacent to an activating group) is 1. The molecule has 0 saturated carbocycles. The molecule has 14 nitrogen and oxygen atoms in total. The number of halogens is 4. The number of aliphatic hydroxyl groups excluding tert-OH is 1. The number of unbranched alkanes of at least 4 members (excludes halogenated alkanes) is 1. The molecule has 74 heavy (non-hydrogen) atoms. The van der Waals surface area contributed by atoms with Crippen LogP contribution in [0.1, 0.15) is 110 Å². The van der Waals surface area contributed by atoms with Crippen molar-refractivity contribution in [1.29, 1.82) is 0 Å². The standard InChI is InChI=1S/C24H24Cl2NO.C15H21NO3S.C12H12Cl2O2.K.Na.2O3S/c1-24(2)18-6-4-5-7-19(18)27(3)20(24)13-12-16-10-8-15-9-11-17(14-28)23(26)21(15)22(16)25;1-12-15(2,3)13-8-4-5-9-14(13)16(12)10-6-7-11-20(17,18)19;13-11-8(5-15)3-1-7-2-4-9(6-16)12(14)10(7)11;;;2*1-4(2)3/h5-7,12-15H,8-11H2,1-3H3;5,8-9H,6-7,10-11H2,1-3H3,(H,17,18,19);5-7,15H,1-4H2;;;;/q-1;;;2*+1;;/b16-12+,20-13+;;8-5+;;;;. The van der Waals surface area contributed by atoms with Gasteiger partial charge in [-0.2, -0.15) is 44.8 Å². The molecule has 0 bridgehead atoms. The Labute approximate surface area is 522 Å². The summed E-state index contributed by atoms with van der Waals surface area (Å²) in [6.45, 7) is 11.7. The van der Waals surface area contributed by atoms with Crippen LogP contribution in [0.25, 0.3) is 0 Å². The van der Waals surface area contributed by atoms with Crippen LogP contribution in [-0.2, 0) is 51.8 Å². The molecule has 0 aromatic heterocycles. The summed E-state index contributed by atoms with van der Waals surface area (Å²) in [5.74, 6) is 0.518. The fourth-order valence-electron chi connectivity index (χ4n) is 9.84. The molecule has 4 aliphatic carbocycles. The minimum Gasteiger partial charge on any atom is -0.515 e. The molecule has 2 aliphatic heterocycles. The van der Waals surface area contributed by atoms with Crippen LogP contribution in [0.5, 0.6) is 0 Å². The summed E-state index contributed by atoms with van der Waals surface area (Å²) in [6, 6.07) is 18.4. The van der Waals surface area contributed by atoms with Gasteiger partial charge in [-0.1, -0.05) is 91.4 Å². The van der Waals surface area contributed by atoms with Crippen LogP contribution in [0.15, 0.2) is 114 Å². The van der Waals surface area contributed by atoms with Crippen molar-refractivity contribution in [2.75, 3.05) is 24.2 Å². The van der Waals surface area contributed by atoms with Gasteiger partial charge in [0, 0.05) is 53.3 Å². The number of anilines is 1. The van der Waals surface area contributed by atoms with Crippen molar-refractivity contribution in [1.82, 2.24) is 0 Å². The topological polar surface area (TPSA) is 217 Å². The van der Waals surface area contributed by atoms with E-state index in [2.05, 4.69) is 93.6 Å². The van der Waals surface area contributed by atoms with Gasteiger partial charge in [0.15, 0.2) is 5.71 Å². The predicted octanol–water partition coefficient (Wildman–Crippen LogP) is 4.78.